The number of aliphatic carboxylic acids is 1. The van der Waals surface area contributed by atoms with Crippen molar-refractivity contribution in [2.45, 2.75) is 264 Å². The van der Waals surface area contributed by atoms with Gasteiger partial charge in [0.05, 0.1) is 0 Å². The Morgan fingerprint density at radius 2 is 0.686 bits per heavy atom. The number of carbonyl (C=O) groups is 2. The van der Waals surface area contributed by atoms with Crippen LogP contribution in [-0.2, 0) is 14.3 Å². The number of rotatable bonds is 42. The van der Waals surface area contributed by atoms with E-state index in [1.165, 1.54) is 186 Å². The predicted molar refractivity (Wildman–Crippen MR) is 223 cm³/mol. The Morgan fingerprint density at radius 3 is 1.00 bits per heavy atom. The van der Waals surface area contributed by atoms with Gasteiger partial charge in [-0.3, -0.25) is 4.79 Å². The van der Waals surface area contributed by atoms with Crippen LogP contribution in [0.3, 0.4) is 0 Å². The molecule has 0 amide bonds. The quantitative estimate of drug-likeness (QED) is 0.0388. The van der Waals surface area contributed by atoms with Gasteiger partial charge in [0.15, 0.2) is 6.10 Å². The zero-order valence-electron chi connectivity index (χ0n) is 34.4. The SMILES string of the molecule is CCCCCCCC=CCCCCCCCCCCCCCCCCCCC(OC(=O)CCCCCCC/C=C\CCCCCCCC)C(=O)O. The average Bonchev–Trinajstić information content (AvgIpc) is 3.12. The fraction of sp³-hybridized carbons (Fsp3) is 0.872. The van der Waals surface area contributed by atoms with E-state index in [0.717, 1.165) is 44.9 Å². The smallest absolute Gasteiger partial charge is 0.345 e. The molecule has 0 saturated carbocycles. The molecular weight excluding hydrogens is 629 g/mol. The molecule has 0 radical (unpaired) electrons. The Balaban J connectivity index is 3.48. The van der Waals surface area contributed by atoms with E-state index >= 15 is 0 Å². The second kappa shape index (κ2) is 42.8. The monoisotopic (exact) mass is 717 g/mol. The molecule has 0 rings (SSSR count). The summed E-state index contributed by atoms with van der Waals surface area (Å²) in [6.07, 6.45) is 55.2. The Kier molecular flexibility index (Phi) is 41.5. The molecule has 0 aliphatic heterocycles. The zero-order chi connectivity index (χ0) is 37.1. The van der Waals surface area contributed by atoms with Crippen molar-refractivity contribution in [2.75, 3.05) is 0 Å². The van der Waals surface area contributed by atoms with Gasteiger partial charge in [-0.25, -0.2) is 4.79 Å². The van der Waals surface area contributed by atoms with Crippen LogP contribution in [0.25, 0.3) is 0 Å². The van der Waals surface area contributed by atoms with Gasteiger partial charge in [0.2, 0.25) is 0 Å². The summed E-state index contributed by atoms with van der Waals surface area (Å²) in [5, 5.41) is 9.53. The molecule has 0 aliphatic carbocycles. The fourth-order valence-electron chi connectivity index (χ4n) is 6.96. The van der Waals surface area contributed by atoms with E-state index in [2.05, 4.69) is 38.2 Å². The number of esters is 1. The largest absolute Gasteiger partial charge is 0.479 e. The number of hydrogen-bond acceptors (Lipinski definition) is 3. The molecule has 0 aromatic rings. The van der Waals surface area contributed by atoms with Gasteiger partial charge in [-0.2, -0.15) is 0 Å². The van der Waals surface area contributed by atoms with Gasteiger partial charge in [-0.05, 0) is 70.6 Å². The van der Waals surface area contributed by atoms with Crippen LogP contribution in [0.1, 0.15) is 258 Å². The van der Waals surface area contributed by atoms with E-state index in [4.69, 9.17) is 4.74 Å². The van der Waals surface area contributed by atoms with Crippen molar-refractivity contribution in [2.24, 2.45) is 0 Å². The summed E-state index contributed by atoms with van der Waals surface area (Å²) in [6, 6.07) is 0. The van der Waals surface area contributed by atoms with Crippen molar-refractivity contribution in [1.29, 1.82) is 0 Å². The van der Waals surface area contributed by atoms with Crippen molar-refractivity contribution in [3.8, 4) is 0 Å². The number of carbonyl (C=O) groups excluding carboxylic acids is 1. The zero-order valence-corrected chi connectivity index (χ0v) is 34.4. The maximum absolute atomic E-state index is 12.2. The molecule has 51 heavy (non-hydrogen) atoms. The summed E-state index contributed by atoms with van der Waals surface area (Å²) in [4.78, 5) is 23.9. The number of hydrogen-bond donors (Lipinski definition) is 1. The third-order valence-electron chi connectivity index (χ3n) is 10.4. The van der Waals surface area contributed by atoms with E-state index in [-0.39, 0.29) is 5.97 Å². The highest BCUT2D eigenvalue weighted by Gasteiger charge is 2.21. The molecule has 0 aromatic carbocycles. The maximum Gasteiger partial charge on any atom is 0.345 e. The van der Waals surface area contributed by atoms with Gasteiger partial charge in [-0.15, -0.1) is 0 Å². The summed E-state index contributed by atoms with van der Waals surface area (Å²) in [5.41, 5.74) is 0. The molecule has 4 nitrogen and oxygen atoms in total. The second-order valence-electron chi connectivity index (χ2n) is 15.6. The first-order valence-electron chi connectivity index (χ1n) is 22.8. The summed E-state index contributed by atoms with van der Waals surface area (Å²) in [7, 11) is 0. The lowest BCUT2D eigenvalue weighted by Gasteiger charge is -2.13. The van der Waals surface area contributed by atoms with E-state index < -0.39 is 12.1 Å². The molecule has 1 N–H and O–H groups in total. The number of unbranched alkanes of at least 4 members (excludes halogenated alkanes) is 32. The minimum absolute atomic E-state index is 0.333. The van der Waals surface area contributed by atoms with E-state index in [1.54, 1.807) is 0 Å². The Hall–Kier alpha value is -1.58. The third kappa shape index (κ3) is 41.0. The minimum Gasteiger partial charge on any atom is -0.479 e. The number of carboxylic acids is 1. The number of carboxylic acid groups (broad SMARTS) is 1. The van der Waals surface area contributed by atoms with Crippen molar-refractivity contribution < 1.29 is 19.4 Å². The molecule has 4 heteroatoms. The summed E-state index contributed by atoms with van der Waals surface area (Å²) >= 11 is 0. The summed E-state index contributed by atoms with van der Waals surface area (Å²) in [6.45, 7) is 4.54. The van der Waals surface area contributed by atoms with Crippen LogP contribution in [0.5, 0.6) is 0 Å². The number of allylic oxidation sites excluding steroid dienone is 4. The lowest BCUT2D eigenvalue weighted by Crippen LogP contribution is -2.27. The van der Waals surface area contributed by atoms with Crippen LogP contribution in [0, 0.1) is 0 Å². The Morgan fingerprint density at radius 1 is 0.412 bits per heavy atom. The van der Waals surface area contributed by atoms with Crippen LogP contribution in [0.4, 0.5) is 0 Å². The van der Waals surface area contributed by atoms with E-state index in [9.17, 15) is 14.7 Å². The fourth-order valence-corrected chi connectivity index (χ4v) is 6.96. The van der Waals surface area contributed by atoms with Crippen molar-refractivity contribution in [3.05, 3.63) is 24.3 Å². The van der Waals surface area contributed by atoms with E-state index in [1.807, 2.05) is 0 Å². The van der Waals surface area contributed by atoms with Crippen LogP contribution in [-0.4, -0.2) is 23.1 Å². The number of ether oxygens (including phenoxy) is 1. The van der Waals surface area contributed by atoms with Crippen LogP contribution in [0.2, 0.25) is 0 Å². The lowest BCUT2D eigenvalue weighted by molar-refractivity contribution is -0.164. The molecule has 0 fully saturated rings. The normalized spacial score (nSPS) is 12.4. The first-order valence-corrected chi connectivity index (χ1v) is 22.8. The second-order valence-corrected chi connectivity index (χ2v) is 15.6. The van der Waals surface area contributed by atoms with Gasteiger partial charge >= 0.3 is 11.9 Å². The predicted octanol–water partition coefficient (Wildman–Crippen LogP) is 16.0. The van der Waals surface area contributed by atoms with Crippen molar-refractivity contribution in [3.63, 3.8) is 0 Å². The van der Waals surface area contributed by atoms with Crippen LogP contribution in [0.15, 0.2) is 24.3 Å². The molecule has 300 valence electrons. The minimum atomic E-state index is -1.00. The van der Waals surface area contributed by atoms with E-state index in [0.29, 0.717) is 12.8 Å². The van der Waals surface area contributed by atoms with Gasteiger partial charge in [0.1, 0.15) is 0 Å². The highest BCUT2D eigenvalue weighted by molar-refractivity contribution is 5.77. The summed E-state index contributed by atoms with van der Waals surface area (Å²) < 4.78 is 5.34. The molecule has 1 unspecified atom stereocenters. The highest BCUT2D eigenvalue weighted by Crippen LogP contribution is 2.17. The maximum atomic E-state index is 12.2. The summed E-state index contributed by atoms with van der Waals surface area (Å²) in [5.74, 6) is -1.35. The molecule has 0 aromatic heterocycles. The van der Waals surface area contributed by atoms with Gasteiger partial charge in [0.25, 0.3) is 0 Å². The Labute approximate surface area is 318 Å². The van der Waals surface area contributed by atoms with Crippen molar-refractivity contribution in [1.82, 2.24) is 0 Å². The molecule has 1 atom stereocenters. The molecule has 0 spiro atoms. The van der Waals surface area contributed by atoms with Crippen molar-refractivity contribution >= 4 is 11.9 Å². The first-order chi connectivity index (χ1) is 25.1. The first kappa shape index (κ1) is 49.4. The average molecular weight is 717 g/mol. The van der Waals surface area contributed by atoms with Crippen LogP contribution >= 0.6 is 0 Å². The topological polar surface area (TPSA) is 63.6 Å². The van der Waals surface area contributed by atoms with Gasteiger partial charge < -0.3 is 9.84 Å². The molecule has 0 saturated heterocycles. The van der Waals surface area contributed by atoms with Gasteiger partial charge in [0, 0.05) is 6.42 Å². The highest BCUT2D eigenvalue weighted by atomic mass is 16.6. The molecule has 0 aliphatic rings. The van der Waals surface area contributed by atoms with Crippen LogP contribution < -0.4 is 0 Å². The third-order valence-corrected chi connectivity index (χ3v) is 10.4. The lowest BCUT2D eigenvalue weighted by atomic mass is 10.0. The van der Waals surface area contributed by atoms with Gasteiger partial charge in [-0.1, -0.05) is 205 Å². The standard InChI is InChI=1S/C47H88O4/c1-3-5-7-9-11-13-15-17-19-20-21-22-23-24-25-26-27-28-30-31-33-35-37-39-41-43-45(47(49)50)51-46(48)44-42-40-38-36-34-32-29-18-16-14-12-10-8-6-4-2/h15,17-18,29,45H,3-14,16,19-28,30-44H2,1-2H3,(H,49,50)/b17-15?,29-18-. The Bertz CT molecular complexity index is 772. The molecule has 0 heterocycles. The molecular formula is C47H88O4. The molecule has 0 bridgehead atoms.